The predicted molar refractivity (Wildman–Crippen MR) is 154 cm³/mol. The molecule has 20 atom stereocenters. The molecule has 0 spiro atoms. The zero-order chi connectivity index (χ0) is 36.4. The fraction of sp³-hybridized carbons (Fsp3) is 0.966. The SMILES string of the molecule is CO[C@@H]1OC[C@@H](O[C@@H]2OC[C@@H](O[C@@H]3OC[C@@H](O[C@H]4CC(O)[C@H](C)CO4)C(O)C3O[C@H]3OC(C(=O)O)[C@@H](OC)C(O)C3O)C(O)C2O)C(O)C1O. The molecule has 21 heteroatoms. The van der Waals surface area contributed by atoms with Crippen molar-refractivity contribution in [3.8, 4) is 0 Å². The normalized spacial score (nSPS) is 50.5. The number of aliphatic carboxylic acids is 1. The predicted octanol–water partition coefficient (Wildman–Crippen LogP) is -5.66. The van der Waals surface area contributed by atoms with Crippen LogP contribution >= 0.6 is 0 Å². The first-order chi connectivity index (χ1) is 23.7. The number of hydrogen-bond donors (Lipinski definition) is 9. The summed E-state index contributed by atoms with van der Waals surface area (Å²) in [6.07, 6.45) is -28.2. The molecule has 0 saturated carbocycles. The Morgan fingerprint density at radius 3 is 1.68 bits per heavy atom. The topological polar surface area (TPSA) is 301 Å². The fourth-order valence-corrected chi connectivity index (χ4v) is 6.31. The molecule has 5 saturated heterocycles. The van der Waals surface area contributed by atoms with Crippen molar-refractivity contribution < 1.29 is 103 Å². The highest BCUT2D eigenvalue weighted by Crippen LogP contribution is 2.33. The van der Waals surface area contributed by atoms with Gasteiger partial charge in [0.05, 0.1) is 32.5 Å². The van der Waals surface area contributed by atoms with Crippen LogP contribution in [0.15, 0.2) is 0 Å². The van der Waals surface area contributed by atoms with Gasteiger partial charge in [0.15, 0.2) is 37.6 Å². The third kappa shape index (κ3) is 8.57. The van der Waals surface area contributed by atoms with Gasteiger partial charge in [0.2, 0.25) is 0 Å². The van der Waals surface area contributed by atoms with Gasteiger partial charge in [-0.1, -0.05) is 6.92 Å². The maximum atomic E-state index is 11.9. The second kappa shape index (κ2) is 17.2. The molecule has 0 aromatic carbocycles. The maximum Gasteiger partial charge on any atom is 0.335 e. The summed E-state index contributed by atoms with van der Waals surface area (Å²) < 4.78 is 60.8. The third-order valence-corrected chi connectivity index (χ3v) is 9.44. The van der Waals surface area contributed by atoms with E-state index < -0.39 is 129 Å². The molecule has 0 aromatic rings. The number of carboxylic acid groups (broad SMARTS) is 1. The quantitative estimate of drug-likeness (QED) is 0.0956. The standard InChI is InChI=1S/C29H48O21/c1-9-5-42-14(4-10(9)30)46-13-8-45-29(23(17(13)33)49-28-21(37)18(34)22(40-2)24(50-28)25(38)39)48-12-7-44-27(20(36)16(12)32)47-11-6-43-26(41-3)19(35)15(11)31/h9-24,26-37H,4-8H2,1-3H3,(H,38,39)/t9-,10?,11-,12-,13-,14+,15?,16?,17?,18?,19?,20?,21?,22+,23?,24?,26-,27+,28+,29+/m1/s1. The van der Waals surface area contributed by atoms with E-state index >= 15 is 0 Å². The van der Waals surface area contributed by atoms with Crippen molar-refractivity contribution in [3.63, 3.8) is 0 Å². The van der Waals surface area contributed by atoms with Crippen molar-refractivity contribution in [1.82, 2.24) is 0 Å². The van der Waals surface area contributed by atoms with Crippen LogP contribution in [0.1, 0.15) is 13.3 Å². The van der Waals surface area contributed by atoms with E-state index in [1.54, 1.807) is 6.92 Å². The summed E-state index contributed by atoms with van der Waals surface area (Å²) in [4.78, 5) is 11.9. The molecule has 5 rings (SSSR count). The van der Waals surface area contributed by atoms with Gasteiger partial charge in [-0.05, 0) is 0 Å². The van der Waals surface area contributed by atoms with Crippen LogP contribution in [0.2, 0.25) is 0 Å². The van der Waals surface area contributed by atoms with Crippen LogP contribution in [0.5, 0.6) is 0 Å². The largest absolute Gasteiger partial charge is 0.479 e. The summed E-state index contributed by atoms with van der Waals surface area (Å²) >= 11 is 0. The first kappa shape index (κ1) is 39.9. The molecule has 10 unspecified atom stereocenters. The van der Waals surface area contributed by atoms with Crippen LogP contribution in [-0.2, 0) is 56.9 Å². The molecule has 5 aliphatic rings. The number of rotatable bonds is 11. The molecule has 290 valence electrons. The van der Waals surface area contributed by atoms with E-state index in [-0.39, 0.29) is 32.2 Å². The number of hydrogen-bond acceptors (Lipinski definition) is 20. The Hall–Kier alpha value is -1.29. The summed E-state index contributed by atoms with van der Waals surface area (Å²) in [5, 5.41) is 95.2. The molecule has 5 fully saturated rings. The molecular weight excluding hydrogens is 684 g/mol. The Labute approximate surface area is 285 Å². The Morgan fingerprint density at radius 2 is 1.10 bits per heavy atom. The lowest BCUT2D eigenvalue weighted by molar-refractivity contribution is -0.379. The number of aliphatic hydroxyl groups is 8. The second-order valence-electron chi connectivity index (χ2n) is 12.9. The lowest BCUT2D eigenvalue weighted by atomic mass is 9.98. The molecule has 0 bridgehead atoms. The van der Waals surface area contributed by atoms with Gasteiger partial charge >= 0.3 is 5.97 Å². The molecule has 9 N–H and O–H groups in total. The highest BCUT2D eigenvalue weighted by atomic mass is 16.8. The van der Waals surface area contributed by atoms with E-state index in [9.17, 15) is 50.8 Å². The minimum absolute atomic E-state index is 0.0772. The van der Waals surface area contributed by atoms with Crippen molar-refractivity contribution in [2.75, 3.05) is 40.6 Å². The van der Waals surface area contributed by atoms with E-state index in [0.717, 1.165) is 7.11 Å². The van der Waals surface area contributed by atoms with Gasteiger partial charge < -0.3 is 98.1 Å². The Kier molecular flexibility index (Phi) is 13.8. The zero-order valence-electron chi connectivity index (χ0n) is 27.5. The molecule has 0 radical (unpaired) electrons. The molecule has 21 nitrogen and oxygen atoms in total. The molecule has 0 aromatic heterocycles. The van der Waals surface area contributed by atoms with Crippen molar-refractivity contribution in [2.24, 2.45) is 5.92 Å². The fourth-order valence-electron chi connectivity index (χ4n) is 6.31. The van der Waals surface area contributed by atoms with Crippen LogP contribution in [0, 0.1) is 5.92 Å². The number of ether oxygens (including phenoxy) is 11. The van der Waals surface area contributed by atoms with Crippen LogP contribution in [0.25, 0.3) is 0 Å². The highest BCUT2D eigenvalue weighted by Gasteiger charge is 2.54. The maximum absolute atomic E-state index is 11.9. The van der Waals surface area contributed by atoms with Crippen LogP contribution in [0.4, 0.5) is 0 Å². The summed E-state index contributed by atoms with van der Waals surface area (Å²) in [6, 6.07) is 0. The van der Waals surface area contributed by atoms with Gasteiger partial charge in [-0.3, -0.25) is 0 Å². The zero-order valence-corrected chi connectivity index (χ0v) is 27.5. The van der Waals surface area contributed by atoms with Gasteiger partial charge in [-0.25, -0.2) is 4.79 Å². The van der Waals surface area contributed by atoms with Crippen molar-refractivity contribution in [3.05, 3.63) is 0 Å². The minimum Gasteiger partial charge on any atom is -0.479 e. The van der Waals surface area contributed by atoms with Crippen LogP contribution in [0.3, 0.4) is 0 Å². The molecule has 0 amide bonds. The van der Waals surface area contributed by atoms with Crippen molar-refractivity contribution >= 4 is 5.97 Å². The average molecular weight is 733 g/mol. The van der Waals surface area contributed by atoms with E-state index in [1.165, 1.54) is 7.11 Å². The third-order valence-electron chi connectivity index (χ3n) is 9.44. The number of carboxylic acids is 1. The van der Waals surface area contributed by atoms with E-state index in [2.05, 4.69) is 0 Å². The number of aliphatic hydroxyl groups excluding tert-OH is 8. The van der Waals surface area contributed by atoms with Crippen LogP contribution < -0.4 is 0 Å². The van der Waals surface area contributed by atoms with Crippen LogP contribution in [-0.4, -0.2) is 209 Å². The average Bonchev–Trinajstić information content (AvgIpc) is 3.09. The lowest BCUT2D eigenvalue weighted by Crippen LogP contribution is -2.65. The highest BCUT2D eigenvalue weighted by molar-refractivity contribution is 5.73. The smallest absolute Gasteiger partial charge is 0.335 e. The Bertz CT molecular complexity index is 1090. The van der Waals surface area contributed by atoms with Gasteiger partial charge in [-0.15, -0.1) is 0 Å². The monoisotopic (exact) mass is 732 g/mol. The summed E-state index contributed by atoms with van der Waals surface area (Å²) in [7, 11) is 2.39. The first-order valence-corrected chi connectivity index (χ1v) is 16.2. The molecular formula is C29H48O21. The Morgan fingerprint density at radius 1 is 0.560 bits per heavy atom. The van der Waals surface area contributed by atoms with Gasteiger partial charge in [0, 0.05) is 26.6 Å². The Balaban J connectivity index is 1.28. The van der Waals surface area contributed by atoms with Gasteiger partial charge in [0.25, 0.3) is 0 Å². The second-order valence-corrected chi connectivity index (χ2v) is 12.9. The first-order valence-electron chi connectivity index (χ1n) is 16.2. The van der Waals surface area contributed by atoms with Gasteiger partial charge in [0.1, 0.15) is 73.2 Å². The van der Waals surface area contributed by atoms with E-state index in [4.69, 9.17) is 52.1 Å². The minimum atomic E-state index is -1.89. The molecule has 50 heavy (non-hydrogen) atoms. The van der Waals surface area contributed by atoms with E-state index in [1.807, 2.05) is 0 Å². The molecule has 5 heterocycles. The lowest BCUT2D eigenvalue weighted by Gasteiger charge is -2.47. The molecule has 0 aliphatic carbocycles. The van der Waals surface area contributed by atoms with E-state index in [0.29, 0.717) is 0 Å². The van der Waals surface area contributed by atoms with Crippen molar-refractivity contribution in [2.45, 2.75) is 130 Å². The number of carbonyl (C=O) groups is 1. The summed E-state index contributed by atoms with van der Waals surface area (Å²) in [5.74, 6) is -1.70. The summed E-state index contributed by atoms with van der Waals surface area (Å²) in [5.41, 5.74) is 0. The molecule has 5 aliphatic heterocycles. The summed E-state index contributed by atoms with van der Waals surface area (Å²) in [6.45, 7) is 0.933. The van der Waals surface area contributed by atoms with Crippen molar-refractivity contribution in [1.29, 1.82) is 0 Å². The number of methoxy groups -OCH3 is 2. The van der Waals surface area contributed by atoms with Gasteiger partial charge in [-0.2, -0.15) is 0 Å².